The van der Waals surface area contributed by atoms with Crippen LogP contribution in [0.25, 0.3) is 0 Å². The van der Waals surface area contributed by atoms with Gasteiger partial charge in [0.1, 0.15) is 6.04 Å². The second-order valence-electron chi connectivity index (χ2n) is 4.25. The third-order valence-electron chi connectivity index (χ3n) is 2.95. The van der Waals surface area contributed by atoms with Crippen molar-refractivity contribution >= 4 is 5.91 Å². The van der Waals surface area contributed by atoms with Crippen LogP contribution >= 0.6 is 0 Å². The second-order valence-corrected chi connectivity index (χ2v) is 4.25. The van der Waals surface area contributed by atoms with Gasteiger partial charge in [-0.1, -0.05) is 0 Å². The smallest absolute Gasteiger partial charge is 0.242 e. The van der Waals surface area contributed by atoms with E-state index in [4.69, 9.17) is 10.00 Å². The molecule has 5 nitrogen and oxygen atoms in total. The molecule has 1 amide bonds. The number of carbonyl (C=O) groups excluding carboxylic acids is 1. The lowest BCUT2D eigenvalue weighted by Crippen LogP contribution is -2.53. The number of nitriles is 1. The molecule has 1 saturated heterocycles. The highest BCUT2D eigenvalue weighted by molar-refractivity contribution is 5.82. The molecule has 1 heterocycles. The van der Waals surface area contributed by atoms with Crippen molar-refractivity contribution in [1.29, 1.82) is 5.26 Å². The summed E-state index contributed by atoms with van der Waals surface area (Å²) in [6.07, 6.45) is 2.56. The van der Waals surface area contributed by atoms with Crippen LogP contribution in [0.5, 0.6) is 0 Å². The quantitative estimate of drug-likeness (QED) is 0.721. The molecule has 2 aliphatic rings. The molecule has 1 atom stereocenters. The summed E-state index contributed by atoms with van der Waals surface area (Å²) < 4.78 is 5.28. The molecule has 16 heavy (non-hydrogen) atoms. The molecule has 1 aliphatic heterocycles. The molecule has 1 saturated carbocycles. The van der Waals surface area contributed by atoms with Gasteiger partial charge in [0, 0.05) is 19.1 Å². The molecule has 0 spiro atoms. The number of rotatable bonds is 4. The van der Waals surface area contributed by atoms with E-state index in [9.17, 15) is 4.79 Å². The van der Waals surface area contributed by atoms with Gasteiger partial charge in [-0.15, -0.1) is 0 Å². The van der Waals surface area contributed by atoms with E-state index in [1.165, 1.54) is 0 Å². The Morgan fingerprint density at radius 1 is 1.56 bits per heavy atom. The first-order valence-corrected chi connectivity index (χ1v) is 5.81. The van der Waals surface area contributed by atoms with Crippen LogP contribution in [0.4, 0.5) is 0 Å². The van der Waals surface area contributed by atoms with Gasteiger partial charge < -0.3 is 15.0 Å². The first-order valence-electron chi connectivity index (χ1n) is 5.81. The standard InChI is InChI=1S/C11H17N3O2/c12-4-1-6-14(9-2-3-9)11(15)10-8-16-7-5-13-10/h9-10,13H,1-3,5-8H2. The lowest BCUT2D eigenvalue weighted by Gasteiger charge is -2.29. The van der Waals surface area contributed by atoms with Crippen molar-refractivity contribution in [2.24, 2.45) is 0 Å². The SMILES string of the molecule is N#CCCN(C(=O)C1COCCN1)C1CC1. The van der Waals surface area contributed by atoms with Crippen LogP contribution in [0.2, 0.25) is 0 Å². The molecule has 0 aromatic heterocycles. The van der Waals surface area contributed by atoms with Crippen LogP contribution in [-0.2, 0) is 9.53 Å². The zero-order valence-corrected chi connectivity index (χ0v) is 9.32. The van der Waals surface area contributed by atoms with E-state index in [0.29, 0.717) is 32.2 Å². The van der Waals surface area contributed by atoms with Crippen LogP contribution in [0, 0.1) is 11.3 Å². The predicted octanol–water partition coefficient (Wildman–Crippen LogP) is -0.121. The zero-order chi connectivity index (χ0) is 11.4. The van der Waals surface area contributed by atoms with Crippen LogP contribution in [-0.4, -0.2) is 49.2 Å². The van der Waals surface area contributed by atoms with Crippen LogP contribution < -0.4 is 5.32 Å². The molecule has 2 rings (SSSR count). The fraction of sp³-hybridized carbons (Fsp3) is 0.818. The molecule has 1 N–H and O–H groups in total. The highest BCUT2D eigenvalue weighted by atomic mass is 16.5. The van der Waals surface area contributed by atoms with E-state index < -0.39 is 0 Å². The fourth-order valence-corrected chi connectivity index (χ4v) is 1.95. The lowest BCUT2D eigenvalue weighted by atomic mass is 10.2. The largest absolute Gasteiger partial charge is 0.378 e. The lowest BCUT2D eigenvalue weighted by molar-refractivity contribution is -0.136. The maximum absolute atomic E-state index is 12.2. The first kappa shape index (κ1) is 11.4. The van der Waals surface area contributed by atoms with Crippen molar-refractivity contribution in [1.82, 2.24) is 10.2 Å². The minimum atomic E-state index is -0.215. The van der Waals surface area contributed by atoms with Crippen LogP contribution in [0.1, 0.15) is 19.3 Å². The summed E-state index contributed by atoms with van der Waals surface area (Å²) in [6.45, 7) is 2.41. The number of ether oxygens (including phenoxy) is 1. The maximum Gasteiger partial charge on any atom is 0.242 e. The molecule has 1 aliphatic carbocycles. The summed E-state index contributed by atoms with van der Waals surface area (Å²) in [7, 11) is 0. The molecule has 0 bridgehead atoms. The van der Waals surface area contributed by atoms with E-state index in [0.717, 1.165) is 19.4 Å². The van der Waals surface area contributed by atoms with Crippen LogP contribution in [0.15, 0.2) is 0 Å². The van der Waals surface area contributed by atoms with Crippen LogP contribution in [0.3, 0.4) is 0 Å². The van der Waals surface area contributed by atoms with Crippen molar-refractivity contribution in [2.45, 2.75) is 31.3 Å². The highest BCUT2D eigenvalue weighted by Gasteiger charge is 2.35. The normalized spacial score (nSPS) is 24.8. The van der Waals surface area contributed by atoms with Gasteiger partial charge in [0.05, 0.1) is 25.7 Å². The number of morpholine rings is 1. The Labute approximate surface area is 95.4 Å². The number of nitrogens with zero attached hydrogens (tertiary/aromatic N) is 2. The average Bonchev–Trinajstić information content (AvgIpc) is 3.15. The van der Waals surface area contributed by atoms with E-state index in [-0.39, 0.29) is 11.9 Å². The summed E-state index contributed by atoms with van der Waals surface area (Å²) in [5.41, 5.74) is 0. The van der Waals surface area contributed by atoms with E-state index >= 15 is 0 Å². The fourth-order valence-electron chi connectivity index (χ4n) is 1.95. The van der Waals surface area contributed by atoms with Gasteiger partial charge >= 0.3 is 0 Å². The number of amides is 1. The van der Waals surface area contributed by atoms with E-state index in [1.807, 2.05) is 4.90 Å². The Morgan fingerprint density at radius 3 is 2.94 bits per heavy atom. The van der Waals surface area contributed by atoms with Gasteiger partial charge in [-0.25, -0.2) is 0 Å². The number of carbonyl (C=O) groups is 1. The maximum atomic E-state index is 12.2. The monoisotopic (exact) mass is 223 g/mol. The molecule has 0 aromatic carbocycles. The number of nitrogens with one attached hydrogen (secondary N) is 1. The van der Waals surface area contributed by atoms with Crippen molar-refractivity contribution in [3.8, 4) is 6.07 Å². The first-order chi connectivity index (χ1) is 7.83. The van der Waals surface area contributed by atoms with Gasteiger partial charge in [0.25, 0.3) is 0 Å². The minimum Gasteiger partial charge on any atom is -0.378 e. The molecule has 88 valence electrons. The second kappa shape index (κ2) is 5.28. The van der Waals surface area contributed by atoms with Crippen molar-refractivity contribution in [3.05, 3.63) is 0 Å². The van der Waals surface area contributed by atoms with E-state index in [1.54, 1.807) is 0 Å². The molecular weight excluding hydrogens is 206 g/mol. The average molecular weight is 223 g/mol. The Kier molecular flexibility index (Phi) is 3.75. The topological polar surface area (TPSA) is 65.4 Å². The van der Waals surface area contributed by atoms with Gasteiger partial charge in [-0.05, 0) is 12.8 Å². The van der Waals surface area contributed by atoms with Crippen molar-refractivity contribution in [2.75, 3.05) is 26.3 Å². The Balaban J connectivity index is 1.90. The highest BCUT2D eigenvalue weighted by Crippen LogP contribution is 2.27. The molecule has 2 fully saturated rings. The minimum absolute atomic E-state index is 0.0949. The zero-order valence-electron chi connectivity index (χ0n) is 9.32. The molecule has 1 unspecified atom stereocenters. The van der Waals surface area contributed by atoms with Gasteiger partial charge in [0.2, 0.25) is 5.91 Å². The predicted molar refractivity (Wildman–Crippen MR) is 57.6 cm³/mol. The summed E-state index contributed by atoms with van der Waals surface area (Å²) in [5.74, 6) is 0.0949. The Morgan fingerprint density at radius 2 is 2.38 bits per heavy atom. The summed E-state index contributed by atoms with van der Waals surface area (Å²) >= 11 is 0. The van der Waals surface area contributed by atoms with Crippen molar-refractivity contribution < 1.29 is 9.53 Å². The Bertz CT molecular complexity index is 290. The molecule has 0 radical (unpaired) electrons. The Hall–Kier alpha value is -1.12. The number of hydrogen-bond acceptors (Lipinski definition) is 4. The third-order valence-corrected chi connectivity index (χ3v) is 2.95. The van der Waals surface area contributed by atoms with E-state index in [2.05, 4.69) is 11.4 Å². The molecule has 5 heteroatoms. The summed E-state index contributed by atoms with van der Waals surface area (Å²) in [6, 6.07) is 2.24. The number of hydrogen-bond donors (Lipinski definition) is 1. The summed E-state index contributed by atoms with van der Waals surface area (Å²) in [4.78, 5) is 14.0. The molecular formula is C11H17N3O2. The summed E-state index contributed by atoms with van der Waals surface area (Å²) in [5, 5.41) is 11.7. The molecule has 0 aromatic rings. The van der Waals surface area contributed by atoms with Gasteiger partial charge in [0.15, 0.2) is 0 Å². The third kappa shape index (κ3) is 2.71. The van der Waals surface area contributed by atoms with Crippen molar-refractivity contribution in [3.63, 3.8) is 0 Å². The van der Waals surface area contributed by atoms with Gasteiger partial charge in [-0.3, -0.25) is 4.79 Å². The van der Waals surface area contributed by atoms with Gasteiger partial charge in [-0.2, -0.15) is 5.26 Å².